The average molecular weight is 304 g/mol. The summed E-state index contributed by atoms with van der Waals surface area (Å²) >= 11 is 0. The minimum Gasteiger partial charge on any atom is -0.497 e. The number of amides is 2. The number of aryl methyl sites for hydroxylation is 1. The fraction of sp³-hybridized carbons (Fsp3) is 0.188. The lowest BCUT2D eigenvalue weighted by atomic mass is 10.2. The van der Waals surface area contributed by atoms with E-state index in [-0.39, 0.29) is 5.82 Å². The molecular weight excluding hydrogens is 287 g/mol. The summed E-state index contributed by atoms with van der Waals surface area (Å²) in [6.45, 7) is 1.65. The van der Waals surface area contributed by atoms with E-state index in [1.165, 1.54) is 13.2 Å². The number of carbonyl (C=O) groups excluding carboxylic acids is 1. The van der Waals surface area contributed by atoms with Crippen LogP contribution in [0.2, 0.25) is 0 Å². The first-order chi connectivity index (χ1) is 10.5. The highest BCUT2D eigenvalue weighted by molar-refractivity contribution is 6.00. The Bertz CT molecular complexity index is 689. The third kappa shape index (κ3) is 3.66. The molecule has 0 bridgehead atoms. The molecule has 2 aromatic rings. The molecule has 0 radical (unpaired) electrons. The fourth-order valence-electron chi connectivity index (χ4n) is 1.86. The minimum atomic E-state index is -0.494. The van der Waals surface area contributed by atoms with Gasteiger partial charge in [-0.25, -0.2) is 9.18 Å². The van der Waals surface area contributed by atoms with Crippen molar-refractivity contribution in [2.45, 2.75) is 6.92 Å². The normalized spacial score (nSPS) is 10.0. The number of benzene rings is 2. The quantitative estimate of drug-likeness (QED) is 0.903. The second-order valence-electron chi connectivity index (χ2n) is 4.61. The predicted molar refractivity (Wildman–Crippen MR) is 83.3 cm³/mol. The maximum atomic E-state index is 13.5. The fourth-order valence-corrected chi connectivity index (χ4v) is 1.86. The summed E-state index contributed by atoms with van der Waals surface area (Å²) in [5, 5.41) is 5.20. The Kier molecular flexibility index (Phi) is 4.83. The second kappa shape index (κ2) is 6.80. The van der Waals surface area contributed by atoms with Crippen molar-refractivity contribution in [3.63, 3.8) is 0 Å². The average Bonchev–Trinajstić information content (AvgIpc) is 2.51. The first kappa shape index (κ1) is 15.6. The van der Waals surface area contributed by atoms with Crippen LogP contribution in [0.3, 0.4) is 0 Å². The lowest BCUT2D eigenvalue weighted by Gasteiger charge is -2.12. The minimum absolute atomic E-state index is 0.369. The molecule has 6 heteroatoms. The van der Waals surface area contributed by atoms with Crippen LogP contribution >= 0.6 is 0 Å². The van der Waals surface area contributed by atoms with E-state index in [4.69, 9.17) is 9.47 Å². The summed E-state index contributed by atoms with van der Waals surface area (Å²) in [7, 11) is 3.04. The molecule has 0 aromatic heterocycles. The number of ether oxygens (including phenoxy) is 2. The zero-order valence-electron chi connectivity index (χ0n) is 12.6. The summed E-state index contributed by atoms with van der Waals surface area (Å²) < 4.78 is 23.7. The number of hydrogen-bond acceptors (Lipinski definition) is 3. The van der Waals surface area contributed by atoms with Crippen molar-refractivity contribution in [3.05, 3.63) is 47.8 Å². The van der Waals surface area contributed by atoms with Gasteiger partial charge in [-0.2, -0.15) is 0 Å². The van der Waals surface area contributed by atoms with Crippen LogP contribution in [0, 0.1) is 12.7 Å². The third-order valence-electron chi connectivity index (χ3n) is 3.09. The molecule has 0 aliphatic rings. The highest BCUT2D eigenvalue weighted by Crippen LogP contribution is 2.29. The van der Waals surface area contributed by atoms with Crippen LogP contribution in [0.1, 0.15) is 5.56 Å². The van der Waals surface area contributed by atoms with Gasteiger partial charge in [-0.05, 0) is 36.8 Å². The molecule has 2 N–H and O–H groups in total. The summed E-state index contributed by atoms with van der Waals surface area (Å²) in [5.41, 5.74) is 1.37. The Hall–Kier alpha value is -2.76. The Morgan fingerprint density at radius 2 is 1.82 bits per heavy atom. The van der Waals surface area contributed by atoms with E-state index < -0.39 is 6.03 Å². The largest absolute Gasteiger partial charge is 0.497 e. The van der Waals surface area contributed by atoms with E-state index >= 15 is 0 Å². The summed E-state index contributed by atoms with van der Waals surface area (Å²) in [4.78, 5) is 12.0. The van der Waals surface area contributed by atoms with Crippen molar-refractivity contribution < 1.29 is 18.7 Å². The molecule has 22 heavy (non-hydrogen) atoms. The number of methoxy groups -OCH3 is 2. The number of rotatable bonds is 4. The Morgan fingerprint density at radius 3 is 2.45 bits per heavy atom. The summed E-state index contributed by atoms with van der Waals surface area (Å²) in [6.07, 6.45) is 0. The van der Waals surface area contributed by atoms with E-state index in [1.807, 2.05) is 0 Å². The second-order valence-corrected chi connectivity index (χ2v) is 4.61. The number of carbonyl (C=O) groups is 1. The van der Waals surface area contributed by atoms with Gasteiger partial charge in [-0.15, -0.1) is 0 Å². The SMILES string of the molecule is COc1ccc(NC(=O)Nc2ccc(C)c(F)c2)c(OC)c1. The van der Waals surface area contributed by atoms with Gasteiger partial charge in [0, 0.05) is 11.8 Å². The van der Waals surface area contributed by atoms with Gasteiger partial charge in [0.2, 0.25) is 0 Å². The lowest BCUT2D eigenvalue weighted by molar-refractivity contribution is 0.262. The van der Waals surface area contributed by atoms with Crippen molar-refractivity contribution in [1.29, 1.82) is 0 Å². The first-order valence-corrected chi connectivity index (χ1v) is 6.59. The molecular formula is C16H17FN2O3. The molecule has 2 amide bonds. The molecule has 0 aliphatic carbocycles. The Labute approximate surface area is 128 Å². The molecule has 2 aromatic carbocycles. The molecule has 0 saturated heterocycles. The summed E-state index contributed by atoms with van der Waals surface area (Å²) in [5.74, 6) is 0.702. The predicted octanol–water partition coefficient (Wildman–Crippen LogP) is 3.80. The van der Waals surface area contributed by atoms with Gasteiger partial charge in [0.05, 0.1) is 19.9 Å². The Balaban J connectivity index is 2.10. The molecule has 0 atom stereocenters. The molecule has 0 heterocycles. The molecule has 0 saturated carbocycles. The molecule has 116 valence electrons. The molecule has 0 spiro atoms. The highest BCUT2D eigenvalue weighted by atomic mass is 19.1. The maximum Gasteiger partial charge on any atom is 0.323 e. The topological polar surface area (TPSA) is 59.6 Å². The number of hydrogen-bond donors (Lipinski definition) is 2. The molecule has 0 aliphatic heterocycles. The van der Waals surface area contributed by atoms with Gasteiger partial charge < -0.3 is 20.1 Å². The van der Waals surface area contributed by atoms with Crippen molar-refractivity contribution in [3.8, 4) is 11.5 Å². The molecule has 2 rings (SSSR count). The van der Waals surface area contributed by atoms with Crippen LogP contribution in [0.15, 0.2) is 36.4 Å². The van der Waals surface area contributed by atoms with E-state index in [2.05, 4.69) is 10.6 Å². The zero-order valence-corrected chi connectivity index (χ0v) is 12.6. The van der Waals surface area contributed by atoms with Crippen LogP contribution in [-0.2, 0) is 0 Å². The highest BCUT2D eigenvalue weighted by Gasteiger charge is 2.09. The van der Waals surface area contributed by atoms with Gasteiger partial charge in [0.1, 0.15) is 17.3 Å². The van der Waals surface area contributed by atoms with Crippen LogP contribution in [0.5, 0.6) is 11.5 Å². The standard InChI is InChI=1S/C16H17FN2O3/c1-10-4-5-11(8-13(10)17)18-16(20)19-14-7-6-12(21-2)9-15(14)22-3/h4-9H,1-3H3,(H2,18,19,20). The van der Waals surface area contributed by atoms with Crippen LogP contribution in [0.4, 0.5) is 20.6 Å². The van der Waals surface area contributed by atoms with Crippen LogP contribution in [-0.4, -0.2) is 20.3 Å². The van der Waals surface area contributed by atoms with Gasteiger partial charge >= 0.3 is 6.03 Å². The number of halogens is 1. The van der Waals surface area contributed by atoms with Crippen molar-refractivity contribution in [2.75, 3.05) is 24.9 Å². The monoisotopic (exact) mass is 304 g/mol. The van der Waals surface area contributed by atoms with E-state index in [9.17, 15) is 9.18 Å². The van der Waals surface area contributed by atoms with Crippen LogP contribution < -0.4 is 20.1 Å². The van der Waals surface area contributed by atoms with Crippen LogP contribution in [0.25, 0.3) is 0 Å². The van der Waals surface area contributed by atoms with Crippen molar-refractivity contribution >= 4 is 17.4 Å². The van der Waals surface area contributed by atoms with Gasteiger partial charge in [0.15, 0.2) is 0 Å². The Morgan fingerprint density at radius 1 is 1.05 bits per heavy atom. The number of anilines is 2. The van der Waals surface area contributed by atoms with E-state index in [0.717, 1.165) is 0 Å². The van der Waals surface area contributed by atoms with Crippen molar-refractivity contribution in [1.82, 2.24) is 0 Å². The molecule has 0 fully saturated rings. The number of nitrogens with one attached hydrogen (secondary N) is 2. The van der Waals surface area contributed by atoms with Gasteiger partial charge in [-0.1, -0.05) is 6.07 Å². The van der Waals surface area contributed by atoms with Gasteiger partial charge in [-0.3, -0.25) is 0 Å². The van der Waals surface area contributed by atoms with Gasteiger partial charge in [0.25, 0.3) is 0 Å². The summed E-state index contributed by atoms with van der Waals surface area (Å²) in [6, 6.07) is 9.01. The lowest BCUT2D eigenvalue weighted by Crippen LogP contribution is -2.20. The van der Waals surface area contributed by atoms with Crippen molar-refractivity contribution in [2.24, 2.45) is 0 Å². The number of urea groups is 1. The molecule has 5 nitrogen and oxygen atoms in total. The van der Waals surface area contributed by atoms with E-state index in [0.29, 0.717) is 28.4 Å². The maximum absolute atomic E-state index is 13.5. The van der Waals surface area contributed by atoms with E-state index in [1.54, 1.807) is 44.4 Å². The molecule has 0 unspecified atom stereocenters. The smallest absolute Gasteiger partial charge is 0.323 e. The third-order valence-corrected chi connectivity index (χ3v) is 3.09. The zero-order chi connectivity index (χ0) is 16.1. The first-order valence-electron chi connectivity index (χ1n) is 6.59.